The molecule has 0 saturated carbocycles. The average Bonchev–Trinajstić information content (AvgIpc) is 2.17. The van der Waals surface area contributed by atoms with Crippen molar-refractivity contribution in [3.63, 3.8) is 0 Å². The van der Waals surface area contributed by atoms with Crippen molar-refractivity contribution in [1.29, 1.82) is 0 Å². The number of ketones is 1. The molecule has 2 nitrogen and oxygen atoms in total. The van der Waals surface area contributed by atoms with E-state index >= 15 is 0 Å². The van der Waals surface area contributed by atoms with Crippen molar-refractivity contribution in [3.05, 3.63) is 34.9 Å². The molecule has 0 fully saturated rings. The molecule has 0 heterocycles. The highest BCUT2D eigenvalue weighted by molar-refractivity contribution is 6.30. The van der Waals surface area contributed by atoms with Crippen molar-refractivity contribution in [2.75, 3.05) is 0 Å². The zero-order chi connectivity index (χ0) is 11.6. The predicted octanol–water partition coefficient (Wildman–Crippen LogP) is 3.32. The molecule has 1 rings (SSSR count). The summed E-state index contributed by atoms with van der Waals surface area (Å²) in [5.74, 6) is 0.0502. The summed E-state index contributed by atoms with van der Waals surface area (Å²) in [6.07, 6.45) is 0. The number of Topliss-reactive ketones (excluding diaryl/α,β-unsaturated/α-hetero) is 1. The van der Waals surface area contributed by atoms with Gasteiger partial charge in [-0.1, -0.05) is 25.4 Å². The molecule has 0 saturated heterocycles. The van der Waals surface area contributed by atoms with E-state index in [1.54, 1.807) is 24.3 Å². The van der Waals surface area contributed by atoms with Crippen LogP contribution in [0.5, 0.6) is 0 Å². The fourth-order valence-corrected chi connectivity index (χ4v) is 1.31. The van der Waals surface area contributed by atoms with Crippen molar-refractivity contribution in [1.82, 2.24) is 0 Å². The average molecular weight is 262 g/mol. The Bertz CT molecular complexity index is 358. The van der Waals surface area contributed by atoms with Gasteiger partial charge in [-0.05, 0) is 31.2 Å². The molecule has 0 radical (unpaired) electrons. The summed E-state index contributed by atoms with van der Waals surface area (Å²) in [4.78, 5) is 12.1. The topological polar surface area (TPSA) is 43.1 Å². The van der Waals surface area contributed by atoms with Gasteiger partial charge in [-0.25, -0.2) is 0 Å². The minimum Gasteiger partial charge on any atom is -0.327 e. The zero-order valence-electron chi connectivity index (χ0n) is 9.66. The Morgan fingerprint density at radius 2 is 1.75 bits per heavy atom. The van der Waals surface area contributed by atoms with Gasteiger partial charge in [-0.3, -0.25) is 4.79 Å². The Balaban J connectivity index is 0.00000225. The smallest absolute Gasteiger partial charge is 0.169 e. The lowest BCUT2D eigenvalue weighted by Gasteiger charge is -2.27. The number of hydrogen-bond acceptors (Lipinski definition) is 2. The molecule has 0 amide bonds. The van der Waals surface area contributed by atoms with E-state index in [2.05, 4.69) is 0 Å². The van der Waals surface area contributed by atoms with Crippen LogP contribution >= 0.6 is 24.0 Å². The first-order chi connectivity index (χ1) is 6.85. The predicted molar refractivity (Wildman–Crippen MR) is 70.5 cm³/mol. The zero-order valence-corrected chi connectivity index (χ0v) is 11.2. The van der Waals surface area contributed by atoms with Crippen LogP contribution in [0.3, 0.4) is 0 Å². The van der Waals surface area contributed by atoms with Crippen LogP contribution < -0.4 is 5.73 Å². The lowest BCUT2D eigenvalue weighted by Crippen LogP contribution is -2.41. The highest BCUT2D eigenvalue weighted by Crippen LogP contribution is 2.25. The molecule has 4 heteroatoms. The number of halogens is 2. The van der Waals surface area contributed by atoms with E-state index in [0.29, 0.717) is 10.6 Å². The molecule has 0 aromatic heterocycles. The maximum absolute atomic E-state index is 12.1. The van der Waals surface area contributed by atoms with Gasteiger partial charge in [0.15, 0.2) is 5.78 Å². The Morgan fingerprint density at radius 3 is 2.12 bits per heavy atom. The maximum Gasteiger partial charge on any atom is 0.169 e. The van der Waals surface area contributed by atoms with Crippen LogP contribution in [-0.4, -0.2) is 11.8 Å². The molecule has 0 aliphatic carbocycles. The third-order valence-electron chi connectivity index (χ3n) is 2.83. The Morgan fingerprint density at radius 1 is 1.31 bits per heavy atom. The Labute approximate surface area is 108 Å². The van der Waals surface area contributed by atoms with Crippen molar-refractivity contribution in [2.24, 2.45) is 11.1 Å². The molecular formula is C12H17Cl2NO. The fourth-order valence-electron chi connectivity index (χ4n) is 1.18. The van der Waals surface area contributed by atoms with E-state index < -0.39 is 5.41 Å². The number of hydrogen-bond donors (Lipinski definition) is 1. The largest absolute Gasteiger partial charge is 0.327 e. The van der Waals surface area contributed by atoms with Gasteiger partial charge in [0.1, 0.15) is 0 Å². The number of carbonyl (C=O) groups excluding carboxylic acids is 1. The van der Waals surface area contributed by atoms with Gasteiger partial charge < -0.3 is 5.73 Å². The van der Waals surface area contributed by atoms with Gasteiger partial charge in [0, 0.05) is 22.0 Å². The lowest BCUT2D eigenvalue weighted by atomic mass is 9.79. The van der Waals surface area contributed by atoms with Crippen molar-refractivity contribution < 1.29 is 4.79 Å². The molecule has 0 spiro atoms. The Kier molecular flexibility index (Phi) is 5.47. The van der Waals surface area contributed by atoms with Crippen LogP contribution in [-0.2, 0) is 0 Å². The summed E-state index contributed by atoms with van der Waals surface area (Å²) in [5, 5.41) is 0.630. The molecule has 90 valence electrons. The van der Waals surface area contributed by atoms with Crippen LogP contribution in [0, 0.1) is 5.41 Å². The normalized spacial score (nSPS) is 12.8. The second-order valence-corrected chi connectivity index (χ2v) is 4.78. The first kappa shape index (κ1) is 15.4. The van der Waals surface area contributed by atoms with Gasteiger partial charge in [-0.2, -0.15) is 0 Å². The summed E-state index contributed by atoms with van der Waals surface area (Å²) in [7, 11) is 0. The van der Waals surface area contributed by atoms with Crippen LogP contribution in [0.2, 0.25) is 5.02 Å². The summed E-state index contributed by atoms with van der Waals surface area (Å²) >= 11 is 5.76. The van der Waals surface area contributed by atoms with Crippen LogP contribution in [0.15, 0.2) is 24.3 Å². The van der Waals surface area contributed by atoms with Crippen LogP contribution in [0.25, 0.3) is 0 Å². The van der Waals surface area contributed by atoms with Crippen LogP contribution in [0.4, 0.5) is 0 Å². The minimum absolute atomic E-state index is 0. The van der Waals surface area contributed by atoms with Gasteiger partial charge in [-0.15, -0.1) is 12.4 Å². The van der Waals surface area contributed by atoms with Gasteiger partial charge >= 0.3 is 0 Å². The van der Waals surface area contributed by atoms with E-state index in [0.717, 1.165) is 0 Å². The number of benzene rings is 1. The molecular weight excluding hydrogens is 245 g/mol. The van der Waals surface area contributed by atoms with E-state index in [9.17, 15) is 4.79 Å². The van der Waals surface area contributed by atoms with Crippen molar-refractivity contribution >= 4 is 29.8 Å². The summed E-state index contributed by atoms with van der Waals surface area (Å²) in [6.45, 7) is 5.55. The number of carbonyl (C=O) groups is 1. The first-order valence-electron chi connectivity index (χ1n) is 4.91. The molecule has 1 unspecified atom stereocenters. The first-order valence-corrected chi connectivity index (χ1v) is 5.29. The highest BCUT2D eigenvalue weighted by atomic mass is 35.5. The second-order valence-electron chi connectivity index (χ2n) is 4.35. The molecule has 1 aromatic carbocycles. The maximum atomic E-state index is 12.1. The number of rotatable bonds is 3. The molecule has 0 bridgehead atoms. The number of nitrogens with two attached hydrogens (primary N) is 1. The standard InChI is InChI=1S/C12H16ClNO.ClH/c1-8(14)12(2,3)11(15)9-4-6-10(13)7-5-9;/h4-8H,14H2,1-3H3;1H. The van der Waals surface area contributed by atoms with Gasteiger partial charge in [0.25, 0.3) is 0 Å². The lowest BCUT2D eigenvalue weighted by molar-refractivity contribution is 0.0811. The van der Waals surface area contributed by atoms with Crippen molar-refractivity contribution in [3.8, 4) is 0 Å². The third kappa shape index (κ3) is 3.21. The van der Waals surface area contributed by atoms with Gasteiger partial charge in [0.05, 0.1) is 0 Å². The molecule has 16 heavy (non-hydrogen) atoms. The van der Waals surface area contributed by atoms with Crippen LogP contribution in [0.1, 0.15) is 31.1 Å². The SMILES string of the molecule is CC(N)C(C)(C)C(=O)c1ccc(Cl)cc1.Cl. The fraction of sp³-hybridized carbons (Fsp3) is 0.417. The molecule has 0 aliphatic heterocycles. The second kappa shape index (κ2) is 5.67. The van der Waals surface area contributed by atoms with E-state index in [1.165, 1.54) is 0 Å². The van der Waals surface area contributed by atoms with E-state index in [1.807, 2.05) is 20.8 Å². The van der Waals surface area contributed by atoms with E-state index in [4.69, 9.17) is 17.3 Å². The minimum atomic E-state index is -0.548. The van der Waals surface area contributed by atoms with Crippen molar-refractivity contribution in [2.45, 2.75) is 26.8 Å². The molecule has 1 atom stereocenters. The van der Waals surface area contributed by atoms with E-state index in [-0.39, 0.29) is 24.2 Å². The summed E-state index contributed by atoms with van der Waals surface area (Å²) in [6, 6.07) is 6.71. The summed E-state index contributed by atoms with van der Waals surface area (Å²) < 4.78 is 0. The molecule has 1 aromatic rings. The van der Waals surface area contributed by atoms with Gasteiger partial charge in [0.2, 0.25) is 0 Å². The quantitative estimate of drug-likeness (QED) is 0.849. The molecule has 0 aliphatic rings. The monoisotopic (exact) mass is 261 g/mol. The summed E-state index contributed by atoms with van der Waals surface area (Å²) in [5.41, 5.74) is 5.90. The highest BCUT2D eigenvalue weighted by Gasteiger charge is 2.32. The third-order valence-corrected chi connectivity index (χ3v) is 3.08. The Hall–Kier alpha value is -0.570. The molecule has 2 N–H and O–H groups in total.